The number of hydrogen-bond donors (Lipinski definition) is 0. The van der Waals surface area contributed by atoms with Gasteiger partial charge in [0.15, 0.2) is 0 Å². The highest BCUT2D eigenvalue weighted by atomic mass is 35.5. The summed E-state index contributed by atoms with van der Waals surface area (Å²) in [5, 5.41) is -0.476. The van der Waals surface area contributed by atoms with Crippen LogP contribution in [0, 0.1) is 0 Å². The molecule has 0 heterocycles. The van der Waals surface area contributed by atoms with Crippen molar-refractivity contribution in [3.8, 4) is 11.1 Å². The van der Waals surface area contributed by atoms with Crippen molar-refractivity contribution in [2.24, 2.45) is 0 Å². The Kier molecular flexibility index (Phi) is 4.75. The summed E-state index contributed by atoms with van der Waals surface area (Å²) in [7, 11) is 0. The standard InChI is InChI=1S/C15H6ClF9/c16-12-4-8(3-11(6-12)15(23,24)25)7-1-9(13(17,18)19)5-10(2-7)14(20,21)22/h1-6H. The van der Waals surface area contributed by atoms with E-state index in [2.05, 4.69) is 0 Å². The molecule has 0 aromatic heterocycles. The average Bonchev–Trinajstić information content (AvgIpc) is 2.43. The normalized spacial score (nSPS) is 13.2. The molecule has 0 aliphatic heterocycles. The van der Waals surface area contributed by atoms with Crippen molar-refractivity contribution >= 4 is 11.6 Å². The first-order valence-electron chi connectivity index (χ1n) is 6.35. The van der Waals surface area contributed by atoms with Crippen LogP contribution in [-0.2, 0) is 18.5 Å². The van der Waals surface area contributed by atoms with Crippen LogP contribution in [0.3, 0.4) is 0 Å². The van der Waals surface area contributed by atoms with Gasteiger partial charge in [0.1, 0.15) is 0 Å². The summed E-state index contributed by atoms with van der Waals surface area (Å²) in [6.45, 7) is 0. The average molecular weight is 393 g/mol. The topological polar surface area (TPSA) is 0 Å². The molecule has 0 bridgehead atoms. The first kappa shape index (κ1) is 19.4. The van der Waals surface area contributed by atoms with Crippen molar-refractivity contribution in [1.29, 1.82) is 0 Å². The minimum absolute atomic E-state index is 0.112. The molecule has 25 heavy (non-hydrogen) atoms. The monoisotopic (exact) mass is 392 g/mol. The first-order valence-corrected chi connectivity index (χ1v) is 6.73. The van der Waals surface area contributed by atoms with Crippen molar-refractivity contribution in [2.45, 2.75) is 18.5 Å². The molecular formula is C15H6ClF9. The molecule has 136 valence electrons. The Morgan fingerprint density at radius 3 is 1.16 bits per heavy atom. The molecule has 0 saturated carbocycles. The van der Waals surface area contributed by atoms with Gasteiger partial charge in [-0.3, -0.25) is 0 Å². The lowest BCUT2D eigenvalue weighted by molar-refractivity contribution is -0.143. The summed E-state index contributed by atoms with van der Waals surface area (Å²) in [6, 6.07) is 2.36. The van der Waals surface area contributed by atoms with Gasteiger partial charge in [0.05, 0.1) is 16.7 Å². The molecule has 0 unspecified atom stereocenters. The number of rotatable bonds is 1. The smallest absolute Gasteiger partial charge is 0.166 e. The molecule has 0 amide bonds. The fourth-order valence-corrected chi connectivity index (χ4v) is 2.28. The Hall–Kier alpha value is -1.90. The Balaban J connectivity index is 2.73. The van der Waals surface area contributed by atoms with E-state index < -0.39 is 51.4 Å². The summed E-state index contributed by atoms with van der Waals surface area (Å²) in [5.74, 6) is 0. The lowest BCUT2D eigenvalue weighted by atomic mass is 9.97. The van der Waals surface area contributed by atoms with Crippen LogP contribution in [0.4, 0.5) is 39.5 Å². The lowest BCUT2D eigenvalue weighted by Gasteiger charge is -2.15. The van der Waals surface area contributed by atoms with Gasteiger partial charge in [-0.25, -0.2) is 0 Å². The third-order valence-electron chi connectivity index (χ3n) is 3.15. The van der Waals surface area contributed by atoms with Gasteiger partial charge in [-0.1, -0.05) is 11.6 Å². The second-order valence-corrected chi connectivity index (χ2v) is 5.46. The zero-order chi connectivity index (χ0) is 19.2. The molecule has 2 aromatic rings. The van der Waals surface area contributed by atoms with Crippen LogP contribution in [0.15, 0.2) is 36.4 Å². The second kappa shape index (κ2) is 6.12. The summed E-state index contributed by atoms with van der Waals surface area (Å²) < 4.78 is 115. The van der Waals surface area contributed by atoms with E-state index in [0.29, 0.717) is 24.3 Å². The number of benzene rings is 2. The van der Waals surface area contributed by atoms with Crippen LogP contribution < -0.4 is 0 Å². The van der Waals surface area contributed by atoms with Crippen LogP contribution in [0.25, 0.3) is 11.1 Å². The molecule has 0 N–H and O–H groups in total. The molecule has 2 aromatic carbocycles. The third kappa shape index (κ3) is 4.59. The molecule has 0 aliphatic rings. The largest absolute Gasteiger partial charge is 0.416 e. The molecule has 0 spiro atoms. The van der Waals surface area contributed by atoms with E-state index in [4.69, 9.17) is 11.6 Å². The lowest BCUT2D eigenvalue weighted by Crippen LogP contribution is -2.11. The molecular weight excluding hydrogens is 387 g/mol. The van der Waals surface area contributed by atoms with Gasteiger partial charge in [-0.2, -0.15) is 39.5 Å². The van der Waals surface area contributed by atoms with Gasteiger partial charge in [-0.15, -0.1) is 0 Å². The van der Waals surface area contributed by atoms with E-state index >= 15 is 0 Å². The molecule has 0 atom stereocenters. The van der Waals surface area contributed by atoms with E-state index in [1.807, 2.05) is 0 Å². The Morgan fingerprint density at radius 1 is 0.480 bits per heavy atom. The van der Waals surface area contributed by atoms with E-state index in [-0.39, 0.29) is 6.07 Å². The highest BCUT2D eigenvalue weighted by Crippen LogP contribution is 2.40. The third-order valence-corrected chi connectivity index (χ3v) is 3.36. The summed E-state index contributed by atoms with van der Waals surface area (Å²) in [4.78, 5) is 0. The second-order valence-electron chi connectivity index (χ2n) is 5.02. The minimum atomic E-state index is -5.11. The van der Waals surface area contributed by atoms with Gasteiger partial charge < -0.3 is 0 Å². The van der Waals surface area contributed by atoms with Crippen molar-refractivity contribution < 1.29 is 39.5 Å². The molecule has 0 fully saturated rings. The summed E-state index contributed by atoms with van der Waals surface area (Å²) >= 11 is 5.52. The van der Waals surface area contributed by atoms with Gasteiger partial charge in [0.2, 0.25) is 0 Å². The number of halogens is 10. The Morgan fingerprint density at radius 2 is 0.800 bits per heavy atom. The van der Waals surface area contributed by atoms with Gasteiger partial charge >= 0.3 is 18.5 Å². The maximum Gasteiger partial charge on any atom is 0.416 e. The molecule has 0 nitrogen and oxygen atoms in total. The molecule has 0 aliphatic carbocycles. The van der Waals surface area contributed by atoms with Gasteiger partial charge in [0.25, 0.3) is 0 Å². The molecule has 10 heteroatoms. The van der Waals surface area contributed by atoms with Crippen LogP contribution in [0.2, 0.25) is 5.02 Å². The maximum atomic E-state index is 12.8. The van der Waals surface area contributed by atoms with Crippen LogP contribution in [0.1, 0.15) is 16.7 Å². The van der Waals surface area contributed by atoms with E-state index in [1.165, 1.54) is 0 Å². The molecule has 0 radical (unpaired) electrons. The maximum absolute atomic E-state index is 12.8. The van der Waals surface area contributed by atoms with Gasteiger partial charge in [-0.05, 0) is 47.5 Å². The Bertz CT molecular complexity index is 753. The van der Waals surface area contributed by atoms with Crippen LogP contribution >= 0.6 is 11.6 Å². The number of alkyl halides is 9. The predicted octanol–water partition coefficient (Wildman–Crippen LogP) is 7.06. The Labute approximate surface area is 139 Å². The first-order chi connectivity index (χ1) is 11.2. The zero-order valence-electron chi connectivity index (χ0n) is 11.7. The molecule has 2 rings (SSSR count). The quantitative estimate of drug-likeness (QED) is 0.456. The fraction of sp³-hybridized carbons (Fsp3) is 0.200. The zero-order valence-corrected chi connectivity index (χ0v) is 12.5. The predicted molar refractivity (Wildman–Crippen MR) is 71.9 cm³/mol. The van der Waals surface area contributed by atoms with E-state index in [0.717, 1.165) is 6.07 Å². The van der Waals surface area contributed by atoms with Crippen molar-refractivity contribution in [2.75, 3.05) is 0 Å². The molecule has 0 saturated heterocycles. The van der Waals surface area contributed by atoms with E-state index in [1.54, 1.807) is 0 Å². The van der Waals surface area contributed by atoms with Crippen LogP contribution in [0.5, 0.6) is 0 Å². The van der Waals surface area contributed by atoms with Crippen LogP contribution in [-0.4, -0.2) is 0 Å². The number of hydrogen-bond acceptors (Lipinski definition) is 0. The van der Waals surface area contributed by atoms with Crippen molar-refractivity contribution in [3.63, 3.8) is 0 Å². The summed E-state index contributed by atoms with van der Waals surface area (Å²) in [5.41, 5.74) is -5.76. The van der Waals surface area contributed by atoms with E-state index in [9.17, 15) is 39.5 Å². The summed E-state index contributed by atoms with van der Waals surface area (Å²) in [6.07, 6.45) is -15.1. The highest BCUT2D eigenvalue weighted by Gasteiger charge is 2.37. The van der Waals surface area contributed by atoms with Crippen molar-refractivity contribution in [1.82, 2.24) is 0 Å². The fourth-order valence-electron chi connectivity index (χ4n) is 2.04. The highest BCUT2D eigenvalue weighted by molar-refractivity contribution is 6.31. The minimum Gasteiger partial charge on any atom is -0.166 e. The van der Waals surface area contributed by atoms with Crippen molar-refractivity contribution in [3.05, 3.63) is 58.1 Å². The van der Waals surface area contributed by atoms with Gasteiger partial charge in [0, 0.05) is 5.02 Å². The SMILES string of the molecule is FC(F)(F)c1cc(Cl)cc(-c2cc(C(F)(F)F)cc(C(F)(F)F)c2)c1.